The van der Waals surface area contributed by atoms with Gasteiger partial charge in [-0.1, -0.05) is 48.0 Å². The standard InChI is InChI=1S/C18H16ClN3O/c1-22-12-11-20-17(22)16(14-9-5-6-10-15(14)19)21-18(23)13-7-3-2-4-8-13/h2-12,16H,1H3,(H,21,23). The minimum absolute atomic E-state index is 0.168. The van der Waals surface area contributed by atoms with Gasteiger partial charge < -0.3 is 9.88 Å². The van der Waals surface area contributed by atoms with Gasteiger partial charge in [0.2, 0.25) is 0 Å². The SMILES string of the molecule is Cn1ccnc1C(NC(=O)c1ccccc1)c1ccccc1Cl. The number of halogens is 1. The summed E-state index contributed by atoms with van der Waals surface area (Å²) in [5.41, 5.74) is 1.41. The van der Waals surface area contributed by atoms with E-state index in [2.05, 4.69) is 10.3 Å². The summed E-state index contributed by atoms with van der Waals surface area (Å²) in [5, 5.41) is 3.62. The lowest BCUT2D eigenvalue weighted by Crippen LogP contribution is -2.31. The van der Waals surface area contributed by atoms with Crippen LogP contribution < -0.4 is 5.32 Å². The van der Waals surface area contributed by atoms with Crippen LogP contribution in [0.4, 0.5) is 0 Å². The van der Waals surface area contributed by atoms with Crippen molar-refractivity contribution in [1.82, 2.24) is 14.9 Å². The number of nitrogens with zero attached hydrogens (tertiary/aromatic N) is 2. The topological polar surface area (TPSA) is 46.9 Å². The fraction of sp³-hybridized carbons (Fsp3) is 0.111. The molecule has 3 rings (SSSR count). The van der Waals surface area contributed by atoms with Gasteiger partial charge in [-0.15, -0.1) is 0 Å². The fourth-order valence-corrected chi connectivity index (χ4v) is 2.69. The van der Waals surface area contributed by atoms with E-state index in [1.54, 1.807) is 18.3 Å². The second-order valence-electron chi connectivity index (χ2n) is 5.19. The average Bonchev–Trinajstić information content (AvgIpc) is 3.00. The molecule has 0 bridgehead atoms. The van der Waals surface area contributed by atoms with Crippen LogP contribution in [0.15, 0.2) is 67.0 Å². The molecule has 3 aromatic rings. The third-order valence-corrected chi connectivity index (χ3v) is 3.99. The average molecular weight is 326 g/mol. The third kappa shape index (κ3) is 3.27. The molecule has 4 nitrogen and oxygen atoms in total. The van der Waals surface area contributed by atoms with Gasteiger partial charge in [0.15, 0.2) is 0 Å². The maximum atomic E-state index is 12.6. The minimum Gasteiger partial charge on any atom is -0.338 e. The Kier molecular flexibility index (Phi) is 4.44. The van der Waals surface area contributed by atoms with Crippen molar-refractivity contribution < 1.29 is 4.79 Å². The molecule has 1 heterocycles. The van der Waals surface area contributed by atoms with Gasteiger partial charge in [0.05, 0.1) is 0 Å². The van der Waals surface area contributed by atoms with Crippen molar-refractivity contribution in [2.45, 2.75) is 6.04 Å². The van der Waals surface area contributed by atoms with Crippen molar-refractivity contribution in [3.63, 3.8) is 0 Å². The van der Waals surface area contributed by atoms with Gasteiger partial charge >= 0.3 is 0 Å². The van der Waals surface area contributed by atoms with Crippen LogP contribution in [0.5, 0.6) is 0 Å². The second-order valence-corrected chi connectivity index (χ2v) is 5.60. The molecule has 0 saturated heterocycles. The Labute approximate surface area is 139 Å². The fourth-order valence-electron chi connectivity index (χ4n) is 2.45. The molecular formula is C18H16ClN3O. The maximum Gasteiger partial charge on any atom is 0.252 e. The van der Waals surface area contributed by atoms with E-state index in [-0.39, 0.29) is 5.91 Å². The van der Waals surface area contributed by atoms with E-state index in [1.807, 2.05) is 60.3 Å². The zero-order valence-electron chi connectivity index (χ0n) is 12.6. The Hall–Kier alpha value is -2.59. The molecule has 1 N–H and O–H groups in total. The number of amides is 1. The smallest absolute Gasteiger partial charge is 0.252 e. The molecule has 0 aliphatic carbocycles. The molecule has 5 heteroatoms. The molecule has 1 amide bonds. The van der Waals surface area contributed by atoms with Gasteiger partial charge in [-0.05, 0) is 18.2 Å². The highest BCUT2D eigenvalue weighted by molar-refractivity contribution is 6.31. The lowest BCUT2D eigenvalue weighted by atomic mass is 10.1. The monoisotopic (exact) mass is 325 g/mol. The zero-order valence-corrected chi connectivity index (χ0v) is 13.4. The summed E-state index contributed by atoms with van der Waals surface area (Å²) in [6.07, 6.45) is 3.54. The number of hydrogen-bond acceptors (Lipinski definition) is 2. The summed E-state index contributed by atoms with van der Waals surface area (Å²) in [6.45, 7) is 0. The predicted octanol–water partition coefficient (Wildman–Crippen LogP) is 3.59. The van der Waals surface area contributed by atoms with Crippen molar-refractivity contribution >= 4 is 17.5 Å². The number of aryl methyl sites for hydroxylation is 1. The molecule has 23 heavy (non-hydrogen) atoms. The van der Waals surface area contributed by atoms with E-state index >= 15 is 0 Å². The summed E-state index contributed by atoms with van der Waals surface area (Å²) in [4.78, 5) is 16.9. The number of aromatic nitrogens is 2. The Bertz CT molecular complexity index is 814. The van der Waals surface area contributed by atoms with E-state index in [0.29, 0.717) is 10.6 Å². The van der Waals surface area contributed by atoms with E-state index < -0.39 is 6.04 Å². The third-order valence-electron chi connectivity index (χ3n) is 3.64. The van der Waals surface area contributed by atoms with Crippen LogP contribution >= 0.6 is 11.6 Å². The molecule has 1 atom stereocenters. The summed E-state index contributed by atoms with van der Waals surface area (Å²) in [7, 11) is 1.89. The molecule has 1 aromatic heterocycles. The van der Waals surface area contributed by atoms with Gasteiger partial charge in [-0.25, -0.2) is 4.98 Å². The van der Waals surface area contributed by atoms with E-state index in [1.165, 1.54) is 0 Å². The Morgan fingerprint density at radius 1 is 1.13 bits per heavy atom. The van der Waals surface area contributed by atoms with E-state index in [0.717, 1.165) is 11.4 Å². The van der Waals surface area contributed by atoms with Crippen molar-refractivity contribution in [2.75, 3.05) is 0 Å². The molecule has 116 valence electrons. The van der Waals surface area contributed by atoms with Gasteiger partial charge in [0.25, 0.3) is 5.91 Å². The number of benzene rings is 2. The van der Waals surface area contributed by atoms with Crippen molar-refractivity contribution in [3.8, 4) is 0 Å². The summed E-state index contributed by atoms with van der Waals surface area (Å²) in [5.74, 6) is 0.556. The number of rotatable bonds is 4. The van der Waals surface area contributed by atoms with Crippen LogP contribution in [-0.2, 0) is 7.05 Å². The molecular weight excluding hydrogens is 310 g/mol. The quantitative estimate of drug-likeness (QED) is 0.796. The van der Waals surface area contributed by atoms with Crippen LogP contribution in [0, 0.1) is 0 Å². The summed E-state index contributed by atoms with van der Waals surface area (Å²) < 4.78 is 1.87. The molecule has 0 spiro atoms. The van der Waals surface area contributed by atoms with E-state index in [4.69, 9.17) is 11.6 Å². The summed E-state index contributed by atoms with van der Waals surface area (Å²) >= 11 is 6.33. The lowest BCUT2D eigenvalue weighted by Gasteiger charge is -2.20. The van der Waals surface area contributed by atoms with Crippen LogP contribution in [-0.4, -0.2) is 15.5 Å². The zero-order chi connectivity index (χ0) is 16.2. The lowest BCUT2D eigenvalue weighted by molar-refractivity contribution is 0.0941. The Balaban J connectivity index is 1.98. The van der Waals surface area contributed by atoms with Crippen molar-refractivity contribution in [3.05, 3.63) is 89.0 Å². The number of carbonyl (C=O) groups is 1. The summed E-state index contributed by atoms with van der Waals surface area (Å²) in [6, 6.07) is 16.1. The van der Waals surface area contributed by atoms with Crippen molar-refractivity contribution in [1.29, 1.82) is 0 Å². The maximum absolute atomic E-state index is 12.6. The van der Waals surface area contributed by atoms with Crippen LogP contribution in [0.1, 0.15) is 27.8 Å². The molecule has 0 saturated carbocycles. The molecule has 0 fully saturated rings. The highest BCUT2D eigenvalue weighted by atomic mass is 35.5. The van der Waals surface area contributed by atoms with Crippen LogP contribution in [0.3, 0.4) is 0 Å². The normalized spacial score (nSPS) is 11.9. The van der Waals surface area contributed by atoms with Crippen LogP contribution in [0.25, 0.3) is 0 Å². The highest BCUT2D eigenvalue weighted by Crippen LogP contribution is 2.27. The minimum atomic E-state index is -0.420. The number of nitrogens with one attached hydrogen (secondary N) is 1. The van der Waals surface area contributed by atoms with Gasteiger partial charge in [-0.3, -0.25) is 4.79 Å². The predicted molar refractivity (Wildman–Crippen MR) is 90.4 cm³/mol. The largest absolute Gasteiger partial charge is 0.338 e. The van der Waals surface area contributed by atoms with Gasteiger partial charge in [0, 0.05) is 35.6 Å². The number of carbonyl (C=O) groups excluding carboxylic acids is 1. The molecule has 2 aromatic carbocycles. The first-order valence-corrected chi connectivity index (χ1v) is 7.62. The Morgan fingerprint density at radius 3 is 2.48 bits per heavy atom. The first-order valence-electron chi connectivity index (χ1n) is 7.24. The molecule has 0 radical (unpaired) electrons. The number of hydrogen-bond donors (Lipinski definition) is 1. The van der Waals surface area contributed by atoms with Crippen molar-refractivity contribution in [2.24, 2.45) is 7.05 Å². The highest BCUT2D eigenvalue weighted by Gasteiger charge is 2.23. The second kappa shape index (κ2) is 6.67. The number of imidazole rings is 1. The van der Waals surface area contributed by atoms with Gasteiger partial charge in [-0.2, -0.15) is 0 Å². The van der Waals surface area contributed by atoms with Gasteiger partial charge in [0.1, 0.15) is 11.9 Å². The molecule has 0 aliphatic heterocycles. The molecule has 0 aliphatic rings. The molecule has 1 unspecified atom stereocenters. The van der Waals surface area contributed by atoms with Crippen LogP contribution in [0.2, 0.25) is 5.02 Å². The first kappa shape index (κ1) is 15.3. The first-order chi connectivity index (χ1) is 11.2. The van der Waals surface area contributed by atoms with E-state index in [9.17, 15) is 4.79 Å². The Morgan fingerprint density at radius 2 is 1.83 bits per heavy atom.